The summed E-state index contributed by atoms with van der Waals surface area (Å²) < 4.78 is 6.95. The van der Waals surface area contributed by atoms with Crippen molar-refractivity contribution in [1.29, 1.82) is 0 Å². The van der Waals surface area contributed by atoms with E-state index in [1.165, 1.54) is 5.56 Å². The molecule has 1 aliphatic rings. The zero-order chi connectivity index (χ0) is 13.1. The van der Waals surface area contributed by atoms with Gasteiger partial charge in [0.25, 0.3) is 0 Å². The van der Waals surface area contributed by atoms with E-state index in [9.17, 15) is 0 Å². The van der Waals surface area contributed by atoms with Crippen molar-refractivity contribution >= 4 is 27.5 Å². The number of likely N-dealkylation sites (N-methyl/N-ethyl adjacent to an activating group) is 1. The minimum atomic E-state index is 0.296. The number of halogens is 2. The summed E-state index contributed by atoms with van der Waals surface area (Å²) in [5.74, 6) is 0. The highest BCUT2D eigenvalue weighted by atomic mass is 79.9. The normalized spacial score (nSPS) is 25.3. The number of rotatable bonds is 4. The highest BCUT2D eigenvalue weighted by molar-refractivity contribution is 9.10. The molecule has 100 valence electrons. The van der Waals surface area contributed by atoms with Gasteiger partial charge in [0, 0.05) is 15.5 Å². The SMILES string of the molecule is CNC(Cc1ccc(Br)cc1Cl)C1CCC(C)O1. The zero-order valence-electron chi connectivity index (χ0n) is 10.7. The molecule has 2 rings (SSSR count). The van der Waals surface area contributed by atoms with Crippen LogP contribution in [0.2, 0.25) is 5.02 Å². The Kier molecular flexibility index (Phi) is 5.07. The molecule has 0 aliphatic carbocycles. The third-order valence-electron chi connectivity index (χ3n) is 3.54. The number of nitrogens with one attached hydrogen (secondary N) is 1. The van der Waals surface area contributed by atoms with Crippen molar-refractivity contribution in [2.24, 2.45) is 0 Å². The number of ether oxygens (including phenoxy) is 1. The number of hydrogen-bond acceptors (Lipinski definition) is 2. The average Bonchev–Trinajstić information content (AvgIpc) is 2.75. The van der Waals surface area contributed by atoms with Crippen molar-refractivity contribution < 1.29 is 4.74 Å². The predicted molar refractivity (Wildman–Crippen MR) is 79.3 cm³/mol. The molecule has 18 heavy (non-hydrogen) atoms. The molecule has 1 saturated heterocycles. The Bertz CT molecular complexity index is 413. The van der Waals surface area contributed by atoms with Crippen LogP contribution >= 0.6 is 27.5 Å². The second kappa shape index (κ2) is 6.38. The molecule has 1 aromatic rings. The summed E-state index contributed by atoms with van der Waals surface area (Å²) in [6.45, 7) is 2.14. The maximum atomic E-state index is 6.27. The highest BCUT2D eigenvalue weighted by Gasteiger charge is 2.29. The largest absolute Gasteiger partial charge is 0.374 e. The quantitative estimate of drug-likeness (QED) is 0.905. The van der Waals surface area contributed by atoms with Crippen LogP contribution < -0.4 is 5.32 Å². The van der Waals surface area contributed by atoms with Gasteiger partial charge in [0.2, 0.25) is 0 Å². The second-order valence-corrected chi connectivity index (χ2v) is 6.22. The Morgan fingerprint density at radius 1 is 1.50 bits per heavy atom. The summed E-state index contributed by atoms with van der Waals surface area (Å²) in [4.78, 5) is 0. The molecular weight excluding hydrogens is 314 g/mol. The maximum absolute atomic E-state index is 6.27. The first-order valence-electron chi connectivity index (χ1n) is 6.37. The summed E-state index contributed by atoms with van der Waals surface area (Å²) in [5.41, 5.74) is 1.17. The van der Waals surface area contributed by atoms with Gasteiger partial charge in [-0.2, -0.15) is 0 Å². The van der Waals surface area contributed by atoms with E-state index in [0.29, 0.717) is 18.2 Å². The third-order valence-corrected chi connectivity index (χ3v) is 4.38. The topological polar surface area (TPSA) is 21.3 Å². The van der Waals surface area contributed by atoms with Crippen LogP contribution in [0, 0.1) is 0 Å². The summed E-state index contributed by atoms with van der Waals surface area (Å²) in [5, 5.41) is 4.17. The lowest BCUT2D eigenvalue weighted by molar-refractivity contribution is 0.0337. The van der Waals surface area contributed by atoms with Crippen LogP contribution in [0.4, 0.5) is 0 Å². The van der Waals surface area contributed by atoms with Gasteiger partial charge in [-0.05, 0) is 50.9 Å². The Morgan fingerprint density at radius 2 is 2.28 bits per heavy atom. The average molecular weight is 333 g/mol. The molecule has 0 radical (unpaired) electrons. The van der Waals surface area contributed by atoms with Crippen LogP contribution in [0.5, 0.6) is 0 Å². The molecule has 1 N–H and O–H groups in total. The van der Waals surface area contributed by atoms with Gasteiger partial charge in [0.1, 0.15) is 0 Å². The van der Waals surface area contributed by atoms with Crippen LogP contribution in [0.15, 0.2) is 22.7 Å². The van der Waals surface area contributed by atoms with Gasteiger partial charge in [-0.25, -0.2) is 0 Å². The summed E-state index contributed by atoms with van der Waals surface area (Å²) in [6.07, 6.45) is 3.86. The van der Waals surface area contributed by atoms with Crippen LogP contribution in [0.25, 0.3) is 0 Å². The van der Waals surface area contributed by atoms with Crippen molar-refractivity contribution in [3.63, 3.8) is 0 Å². The first kappa shape index (κ1) is 14.3. The standard InChI is InChI=1S/C14H19BrClNO/c1-9-3-6-14(18-9)13(17-2)7-10-4-5-11(15)8-12(10)16/h4-5,8-9,13-14,17H,3,6-7H2,1-2H3. The summed E-state index contributed by atoms with van der Waals surface area (Å²) in [7, 11) is 1.99. The van der Waals surface area contributed by atoms with Crippen LogP contribution in [0.3, 0.4) is 0 Å². The van der Waals surface area contributed by atoms with Gasteiger partial charge >= 0.3 is 0 Å². The van der Waals surface area contributed by atoms with Crippen LogP contribution in [0.1, 0.15) is 25.3 Å². The lowest BCUT2D eigenvalue weighted by Gasteiger charge is -2.23. The van der Waals surface area contributed by atoms with Gasteiger partial charge in [-0.3, -0.25) is 0 Å². The summed E-state index contributed by atoms with van der Waals surface area (Å²) in [6, 6.07) is 6.39. The smallest absolute Gasteiger partial charge is 0.0735 e. The molecule has 2 nitrogen and oxygen atoms in total. The Hall–Kier alpha value is -0.0900. The zero-order valence-corrected chi connectivity index (χ0v) is 13.1. The summed E-state index contributed by atoms with van der Waals surface area (Å²) >= 11 is 9.70. The molecule has 3 unspecified atom stereocenters. The van der Waals surface area contributed by atoms with E-state index in [1.54, 1.807) is 0 Å². The number of hydrogen-bond donors (Lipinski definition) is 1. The third kappa shape index (κ3) is 3.47. The van der Waals surface area contributed by atoms with Crippen LogP contribution in [-0.2, 0) is 11.2 Å². The molecule has 1 aromatic carbocycles. The van der Waals surface area contributed by atoms with E-state index in [0.717, 1.165) is 28.8 Å². The molecule has 0 bridgehead atoms. The monoisotopic (exact) mass is 331 g/mol. The van der Waals surface area contributed by atoms with Gasteiger partial charge in [-0.15, -0.1) is 0 Å². The van der Waals surface area contributed by atoms with Gasteiger partial charge in [0.05, 0.1) is 12.2 Å². The minimum absolute atomic E-state index is 0.296. The molecule has 3 atom stereocenters. The van der Waals surface area contributed by atoms with E-state index in [4.69, 9.17) is 16.3 Å². The van der Waals surface area contributed by atoms with Crippen LogP contribution in [-0.4, -0.2) is 25.3 Å². The maximum Gasteiger partial charge on any atom is 0.0735 e. The first-order chi connectivity index (χ1) is 8.60. The number of benzene rings is 1. The Labute approximate surface area is 122 Å². The predicted octanol–water partition coefficient (Wildman–Crippen LogP) is 3.80. The molecule has 0 aromatic heterocycles. The van der Waals surface area contributed by atoms with E-state index in [-0.39, 0.29) is 0 Å². The van der Waals surface area contributed by atoms with Gasteiger partial charge < -0.3 is 10.1 Å². The Balaban J connectivity index is 2.05. The van der Waals surface area contributed by atoms with E-state index < -0.39 is 0 Å². The minimum Gasteiger partial charge on any atom is -0.374 e. The molecule has 1 heterocycles. The molecular formula is C14H19BrClNO. The molecule has 1 aliphatic heterocycles. The fraction of sp³-hybridized carbons (Fsp3) is 0.571. The lowest BCUT2D eigenvalue weighted by atomic mass is 9.99. The van der Waals surface area contributed by atoms with Crippen molar-refractivity contribution in [3.05, 3.63) is 33.3 Å². The van der Waals surface area contributed by atoms with Gasteiger partial charge in [-0.1, -0.05) is 33.6 Å². The van der Waals surface area contributed by atoms with Gasteiger partial charge in [0.15, 0.2) is 0 Å². The van der Waals surface area contributed by atoms with Crippen molar-refractivity contribution in [3.8, 4) is 0 Å². The lowest BCUT2D eigenvalue weighted by Crippen LogP contribution is -2.39. The second-order valence-electron chi connectivity index (χ2n) is 4.90. The first-order valence-corrected chi connectivity index (χ1v) is 7.54. The van der Waals surface area contributed by atoms with Crippen molar-refractivity contribution in [2.45, 2.75) is 44.4 Å². The van der Waals surface area contributed by atoms with E-state index >= 15 is 0 Å². The van der Waals surface area contributed by atoms with E-state index in [1.807, 2.05) is 19.2 Å². The van der Waals surface area contributed by atoms with Crippen molar-refractivity contribution in [2.75, 3.05) is 7.05 Å². The van der Waals surface area contributed by atoms with Crippen molar-refractivity contribution in [1.82, 2.24) is 5.32 Å². The Morgan fingerprint density at radius 3 is 2.83 bits per heavy atom. The van der Waals surface area contributed by atoms with E-state index in [2.05, 4.69) is 34.2 Å². The molecule has 0 spiro atoms. The molecule has 0 saturated carbocycles. The highest BCUT2D eigenvalue weighted by Crippen LogP contribution is 2.27. The molecule has 0 amide bonds. The molecule has 1 fully saturated rings. The fourth-order valence-corrected chi connectivity index (χ4v) is 3.22. The fourth-order valence-electron chi connectivity index (χ4n) is 2.47. The molecule has 4 heteroatoms.